The first-order valence-electron chi connectivity index (χ1n) is 5.05. The van der Waals surface area contributed by atoms with E-state index >= 15 is 0 Å². The van der Waals surface area contributed by atoms with Gasteiger partial charge < -0.3 is 20.1 Å². The first kappa shape index (κ1) is 9.89. The largest absolute Gasteiger partial charge is 0.391 e. The zero-order chi connectivity index (χ0) is 9.97. The average Bonchev–Trinajstić information content (AvgIpc) is 2.65. The molecule has 1 unspecified atom stereocenters. The molecule has 2 aliphatic rings. The van der Waals surface area contributed by atoms with E-state index in [0.29, 0.717) is 32.7 Å². The zero-order valence-corrected chi connectivity index (χ0v) is 8.11. The summed E-state index contributed by atoms with van der Waals surface area (Å²) in [5.74, 6) is 0.0567. The Hall–Kier alpha value is -0.650. The van der Waals surface area contributed by atoms with Gasteiger partial charge in [0.25, 0.3) is 0 Å². The monoisotopic (exact) mass is 200 g/mol. The van der Waals surface area contributed by atoms with E-state index in [4.69, 9.17) is 4.74 Å². The standard InChI is InChI=1S/C9H16N2O3/c12-7-1-3-11(5-7)9(13)8-6-14-4-2-10-8/h7-8,10,12H,1-6H2/t7-,8?/m1/s1. The minimum atomic E-state index is -0.344. The lowest BCUT2D eigenvalue weighted by atomic mass is 10.2. The quantitative estimate of drug-likeness (QED) is 0.544. The van der Waals surface area contributed by atoms with Crippen LogP contribution in [0.1, 0.15) is 6.42 Å². The Morgan fingerprint density at radius 1 is 1.57 bits per heavy atom. The Labute approximate surface area is 83.0 Å². The van der Waals surface area contributed by atoms with Gasteiger partial charge in [-0.25, -0.2) is 0 Å². The normalized spacial score (nSPS) is 33.4. The molecular weight excluding hydrogens is 184 g/mol. The summed E-state index contributed by atoms with van der Waals surface area (Å²) in [4.78, 5) is 13.5. The van der Waals surface area contributed by atoms with E-state index < -0.39 is 0 Å². The molecule has 0 bridgehead atoms. The maximum Gasteiger partial charge on any atom is 0.242 e. The Bertz CT molecular complexity index is 209. The molecule has 2 aliphatic heterocycles. The minimum Gasteiger partial charge on any atom is -0.391 e. The van der Waals surface area contributed by atoms with Crippen LogP contribution in [-0.2, 0) is 9.53 Å². The van der Waals surface area contributed by atoms with Gasteiger partial charge in [-0.1, -0.05) is 0 Å². The van der Waals surface area contributed by atoms with Crippen LogP contribution in [0.25, 0.3) is 0 Å². The molecule has 0 aromatic carbocycles. The summed E-state index contributed by atoms with van der Waals surface area (Å²) in [6, 6.07) is -0.214. The van der Waals surface area contributed by atoms with Gasteiger partial charge in [-0.15, -0.1) is 0 Å². The number of hydrogen-bond donors (Lipinski definition) is 2. The molecule has 0 radical (unpaired) electrons. The molecule has 80 valence electrons. The second kappa shape index (κ2) is 4.25. The van der Waals surface area contributed by atoms with Crippen molar-refractivity contribution in [3.63, 3.8) is 0 Å². The minimum absolute atomic E-state index is 0.0567. The molecule has 2 heterocycles. The third kappa shape index (κ3) is 2.05. The Morgan fingerprint density at radius 2 is 2.43 bits per heavy atom. The van der Waals surface area contributed by atoms with Crippen molar-refractivity contribution in [2.75, 3.05) is 32.8 Å². The highest BCUT2D eigenvalue weighted by Crippen LogP contribution is 2.11. The van der Waals surface area contributed by atoms with Crippen LogP contribution in [0, 0.1) is 0 Å². The summed E-state index contributed by atoms with van der Waals surface area (Å²) in [6.45, 7) is 2.99. The molecule has 0 spiro atoms. The van der Waals surface area contributed by atoms with Crippen molar-refractivity contribution < 1.29 is 14.6 Å². The number of nitrogens with one attached hydrogen (secondary N) is 1. The number of rotatable bonds is 1. The molecule has 5 nitrogen and oxygen atoms in total. The topological polar surface area (TPSA) is 61.8 Å². The lowest BCUT2D eigenvalue weighted by Gasteiger charge is -2.27. The number of carbonyl (C=O) groups excluding carboxylic acids is 1. The molecule has 0 aliphatic carbocycles. The fourth-order valence-electron chi connectivity index (χ4n) is 1.89. The number of ether oxygens (including phenoxy) is 1. The van der Waals surface area contributed by atoms with E-state index in [1.165, 1.54) is 0 Å². The number of morpholine rings is 1. The van der Waals surface area contributed by atoms with E-state index in [2.05, 4.69) is 5.32 Å². The van der Waals surface area contributed by atoms with Gasteiger partial charge in [0.2, 0.25) is 5.91 Å². The van der Waals surface area contributed by atoms with Crippen LogP contribution >= 0.6 is 0 Å². The van der Waals surface area contributed by atoms with Crippen molar-refractivity contribution in [1.29, 1.82) is 0 Å². The highest BCUT2D eigenvalue weighted by Gasteiger charge is 2.30. The molecule has 1 amide bonds. The van der Waals surface area contributed by atoms with Crippen molar-refractivity contribution in [1.82, 2.24) is 10.2 Å². The van der Waals surface area contributed by atoms with E-state index in [1.807, 2.05) is 0 Å². The summed E-state index contributed by atoms with van der Waals surface area (Å²) in [6.07, 6.45) is 0.350. The molecule has 2 fully saturated rings. The molecule has 5 heteroatoms. The van der Waals surface area contributed by atoms with Crippen LogP contribution in [0.3, 0.4) is 0 Å². The molecule has 0 saturated carbocycles. The summed E-state index contributed by atoms with van der Waals surface area (Å²) in [5, 5.41) is 12.4. The zero-order valence-electron chi connectivity index (χ0n) is 8.11. The lowest BCUT2D eigenvalue weighted by Crippen LogP contribution is -2.52. The molecule has 2 atom stereocenters. The molecular formula is C9H16N2O3. The predicted molar refractivity (Wildman–Crippen MR) is 49.8 cm³/mol. The van der Waals surface area contributed by atoms with Gasteiger partial charge in [0.15, 0.2) is 0 Å². The maximum absolute atomic E-state index is 11.8. The second-order valence-electron chi connectivity index (χ2n) is 3.81. The number of hydrogen-bond acceptors (Lipinski definition) is 4. The lowest BCUT2D eigenvalue weighted by molar-refractivity contribution is -0.135. The van der Waals surface area contributed by atoms with E-state index in [0.717, 1.165) is 6.54 Å². The molecule has 2 N–H and O–H groups in total. The number of nitrogens with zero attached hydrogens (tertiary/aromatic N) is 1. The van der Waals surface area contributed by atoms with Crippen LogP contribution in [-0.4, -0.2) is 60.9 Å². The number of aliphatic hydroxyl groups is 1. The third-order valence-electron chi connectivity index (χ3n) is 2.69. The highest BCUT2D eigenvalue weighted by molar-refractivity contribution is 5.82. The number of likely N-dealkylation sites (tertiary alicyclic amines) is 1. The number of carbonyl (C=O) groups is 1. The Balaban J connectivity index is 1.87. The second-order valence-corrected chi connectivity index (χ2v) is 3.81. The number of amides is 1. The van der Waals surface area contributed by atoms with Gasteiger partial charge in [-0.05, 0) is 6.42 Å². The van der Waals surface area contributed by atoms with Crippen molar-refractivity contribution in [2.24, 2.45) is 0 Å². The van der Waals surface area contributed by atoms with Gasteiger partial charge in [0.05, 0.1) is 19.3 Å². The van der Waals surface area contributed by atoms with Crippen molar-refractivity contribution in [3.8, 4) is 0 Å². The number of β-amino-alcohol motifs (C(OH)–C–C–N with tert-alkyl or cyclic N) is 1. The third-order valence-corrected chi connectivity index (χ3v) is 2.69. The van der Waals surface area contributed by atoms with Crippen molar-refractivity contribution in [2.45, 2.75) is 18.6 Å². The van der Waals surface area contributed by atoms with Gasteiger partial charge >= 0.3 is 0 Å². The van der Waals surface area contributed by atoms with Crippen LogP contribution in [0.2, 0.25) is 0 Å². The fourth-order valence-corrected chi connectivity index (χ4v) is 1.89. The Morgan fingerprint density at radius 3 is 3.00 bits per heavy atom. The predicted octanol–water partition coefficient (Wildman–Crippen LogP) is -1.43. The summed E-state index contributed by atoms with van der Waals surface area (Å²) >= 11 is 0. The van der Waals surface area contributed by atoms with Crippen LogP contribution < -0.4 is 5.32 Å². The Kier molecular flexibility index (Phi) is 3.00. The first-order chi connectivity index (χ1) is 6.77. The SMILES string of the molecule is O=C(C1COCCN1)N1CC[C@@H](O)C1. The smallest absolute Gasteiger partial charge is 0.242 e. The van der Waals surface area contributed by atoms with Gasteiger partial charge in [0.1, 0.15) is 6.04 Å². The molecule has 14 heavy (non-hydrogen) atoms. The van der Waals surface area contributed by atoms with Gasteiger partial charge in [0, 0.05) is 19.6 Å². The molecule has 2 saturated heterocycles. The fraction of sp³-hybridized carbons (Fsp3) is 0.889. The molecule has 0 aromatic rings. The van der Waals surface area contributed by atoms with Crippen LogP contribution in [0.15, 0.2) is 0 Å². The van der Waals surface area contributed by atoms with Crippen LogP contribution in [0.5, 0.6) is 0 Å². The van der Waals surface area contributed by atoms with E-state index in [9.17, 15) is 9.90 Å². The number of aliphatic hydroxyl groups excluding tert-OH is 1. The van der Waals surface area contributed by atoms with E-state index in [1.54, 1.807) is 4.90 Å². The van der Waals surface area contributed by atoms with Crippen LogP contribution in [0.4, 0.5) is 0 Å². The summed E-state index contributed by atoms with van der Waals surface area (Å²) in [5.41, 5.74) is 0. The highest BCUT2D eigenvalue weighted by atomic mass is 16.5. The van der Waals surface area contributed by atoms with Crippen molar-refractivity contribution >= 4 is 5.91 Å². The maximum atomic E-state index is 11.8. The first-order valence-corrected chi connectivity index (χ1v) is 5.05. The summed E-state index contributed by atoms with van der Waals surface area (Å²) < 4.78 is 5.22. The van der Waals surface area contributed by atoms with Crippen molar-refractivity contribution in [3.05, 3.63) is 0 Å². The van der Waals surface area contributed by atoms with Gasteiger partial charge in [-0.3, -0.25) is 4.79 Å². The average molecular weight is 200 g/mol. The van der Waals surface area contributed by atoms with Gasteiger partial charge in [-0.2, -0.15) is 0 Å². The molecule has 2 rings (SSSR count). The van der Waals surface area contributed by atoms with E-state index in [-0.39, 0.29) is 18.1 Å². The summed E-state index contributed by atoms with van der Waals surface area (Å²) in [7, 11) is 0. The molecule has 0 aromatic heterocycles.